The molecular weight excluding hydrogens is 384 g/mol. The number of pyridine rings is 1. The van der Waals surface area contributed by atoms with E-state index in [4.69, 9.17) is 9.15 Å². The van der Waals surface area contributed by atoms with Gasteiger partial charge in [0.15, 0.2) is 0 Å². The maximum Gasteiger partial charge on any atom is 0.349 e. The number of rotatable bonds is 4. The van der Waals surface area contributed by atoms with Gasteiger partial charge >= 0.3 is 5.63 Å². The Morgan fingerprint density at radius 3 is 2.80 bits per heavy atom. The molecule has 1 unspecified atom stereocenters. The van der Waals surface area contributed by atoms with Crippen LogP contribution in [-0.4, -0.2) is 36.6 Å². The predicted molar refractivity (Wildman–Crippen MR) is 109 cm³/mol. The van der Waals surface area contributed by atoms with E-state index in [9.17, 15) is 14.9 Å². The zero-order valence-corrected chi connectivity index (χ0v) is 16.9. The Morgan fingerprint density at radius 1 is 1.33 bits per heavy atom. The molecule has 2 aromatic rings. The summed E-state index contributed by atoms with van der Waals surface area (Å²) in [4.78, 5) is 31.6. The number of aryl methyl sites for hydroxylation is 1. The van der Waals surface area contributed by atoms with Crippen LogP contribution in [0.5, 0.6) is 0 Å². The van der Waals surface area contributed by atoms with E-state index in [1.165, 1.54) is 0 Å². The maximum atomic E-state index is 12.8. The Balaban J connectivity index is 1.40. The number of amides is 1. The summed E-state index contributed by atoms with van der Waals surface area (Å²) in [6.45, 7) is 3.74. The van der Waals surface area contributed by atoms with Crippen LogP contribution in [0.1, 0.15) is 59.0 Å². The molecule has 1 N–H and O–H groups in total. The molecule has 1 atom stereocenters. The number of anilines is 1. The second-order valence-corrected chi connectivity index (χ2v) is 7.72. The molecule has 0 bridgehead atoms. The predicted octanol–water partition coefficient (Wildman–Crippen LogP) is 2.47. The number of aromatic nitrogens is 1. The largest absolute Gasteiger partial charge is 0.424 e. The van der Waals surface area contributed by atoms with Gasteiger partial charge in [0.1, 0.15) is 29.3 Å². The Hall–Kier alpha value is -3.18. The molecule has 4 heterocycles. The van der Waals surface area contributed by atoms with Crippen LogP contribution >= 0.6 is 0 Å². The summed E-state index contributed by atoms with van der Waals surface area (Å²) in [5.74, 6) is 0.753. The maximum absolute atomic E-state index is 12.8. The second-order valence-electron chi connectivity index (χ2n) is 7.72. The molecule has 0 aromatic carbocycles. The topological polar surface area (TPSA) is 108 Å². The SMILES string of the molecule is Cc1cc(C2CCCO2)oc(=O)c1C(=O)NC1CCN(c2ncccc2C#N)CC1. The quantitative estimate of drug-likeness (QED) is 0.828. The van der Waals surface area contributed by atoms with E-state index in [0.717, 1.165) is 12.8 Å². The first kappa shape index (κ1) is 20.1. The van der Waals surface area contributed by atoms with E-state index in [1.54, 1.807) is 31.3 Å². The molecule has 156 valence electrons. The van der Waals surface area contributed by atoms with Gasteiger partial charge in [0, 0.05) is 31.9 Å². The minimum atomic E-state index is -0.623. The summed E-state index contributed by atoms with van der Waals surface area (Å²) < 4.78 is 11.0. The highest BCUT2D eigenvalue weighted by Crippen LogP contribution is 2.28. The first-order valence-electron chi connectivity index (χ1n) is 10.2. The molecule has 2 aliphatic rings. The smallest absolute Gasteiger partial charge is 0.349 e. The molecule has 0 aliphatic carbocycles. The van der Waals surface area contributed by atoms with E-state index in [1.807, 2.05) is 0 Å². The van der Waals surface area contributed by atoms with Crippen molar-refractivity contribution in [2.45, 2.75) is 44.8 Å². The molecule has 1 amide bonds. The number of carbonyl (C=O) groups is 1. The van der Waals surface area contributed by atoms with Gasteiger partial charge in [-0.1, -0.05) is 0 Å². The van der Waals surface area contributed by atoms with Gasteiger partial charge in [0.05, 0.1) is 5.56 Å². The average Bonchev–Trinajstić information content (AvgIpc) is 3.29. The summed E-state index contributed by atoms with van der Waals surface area (Å²) in [7, 11) is 0. The van der Waals surface area contributed by atoms with Crippen molar-refractivity contribution in [3.63, 3.8) is 0 Å². The second kappa shape index (κ2) is 8.67. The number of ether oxygens (including phenoxy) is 1. The Bertz CT molecular complexity index is 1030. The molecule has 2 fully saturated rings. The molecular formula is C22H24N4O4. The van der Waals surface area contributed by atoms with Gasteiger partial charge in [-0.25, -0.2) is 9.78 Å². The highest BCUT2D eigenvalue weighted by atomic mass is 16.5. The lowest BCUT2D eigenvalue weighted by Gasteiger charge is -2.33. The van der Waals surface area contributed by atoms with Crippen LogP contribution in [0.4, 0.5) is 5.82 Å². The van der Waals surface area contributed by atoms with E-state index in [2.05, 4.69) is 21.3 Å². The van der Waals surface area contributed by atoms with Gasteiger partial charge in [0.2, 0.25) is 0 Å². The fourth-order valence-electron chi connectivity index (χ4n) is 4.10. The van der Waals surface area contributed by atoms with Crippen LogP contribution in [0.15, 0.2) is 33.6 Å². The summed E-state index contributed by atoms with van der Waals surface area (Å²) in [6.07, 6.45) is 4.62. The summed E-state index contributed by atoms with van der Waals surface area (Å²) >= 11 is 0. The van der Waals surface area contributed by atoms with Gasteiger partial charge in [0.25, 0.3) is 5.91 Å². The van der Waals surface area contributed by atoms with Crippen LogP contribution < -0.4 is 15.8 Å². The molecule has 4 rings (SSSR count). The normalized spacial score (nSPS) is 19.5. The molecule has 8 nitrogen and oxygen atoms in total. The minimum absolute atomic E-state index is 0.0515. The lowest BCUT2D eigenvalue weighted by molar-refractivity contribution is 0.0876. The van der Waals surface area contributed by atoms with Gasteiger partial charge < -0.3 is 19.4 Å². The summed E-state index contributed by atoms with van der Waals surface area (Å²) in [5, 5.41) is 12.2. The molecule has 8 heteroatoms. The zero-order valence-electron chi connectivity index (χ0n) is 16.9. The number of hydrogen-bond donors (Lipinski definition) is 1. The molecule has 30 heavy (non-hydrogen) atoms. The number of nitriles is 1. The van der Waals surface area contributed by atoms with E-state index in [0.29, 0.717) is 55.2 Å². The zero-order chi connectivity index (χ0) is 21.1. The fraction of sp³-hybridized carbons (Fsp3) is 0.455. The Morgan fingerprint density at radius 2 is 2.13 bits per heavy atom. The third-order valence-corrected chi connectivity index (χ3v) is 5.68. The first-order valence-corrected chi connectivity index (χ1v) is 10.2. The highest BCUT2D eigenvalue weighted by molar-refractivity contribution is 5.95. The number of hydrogen-bond acceptors (Lipinski definition) is 7. The monoisotopic (exact) mass is 408 g/mol. The van der Waals surface area contributed by atoms with E-state index in [-0.39, 0.29) is 17.7 Å². The van der Waals surface area contributed by atoms with Gasteiger partial charge in [-0.05, 0) is 56.4 Å². The first-order chi connectivity index (χ1) is 14.6. The van der Waals surface area contributed by atoms with Crippen molar-refractivity contribution in [2.24, 2.45) is 0 Å². The van der Waals surface area contributed by atoms with Crippen LogP contribution in [0, 0.1) is 18.3 Å². The lowest BCUT2D eigenvalue weighted by Crippen LogP contribution is -2.46. The van der Waals surface area contributed by atoms with E-state index < -0.39 is 11.5 Å². The highest BCUT2D eigenvalue weighted by Gasteiger charge is 2.27. The van der Waals surface area contributed by atoms with Crippen molar-refractivity contribution in [1.82, 2.24) is 10.3 Å². The Kier molecular flexibility index (Phi) is 5.81. The fourth-order valence-corrected chi connectivity index (χ4v) is 4.10. The summed E-state index contributed by atoms with van der Waals surface area (Å²) in [5.41, 5.74) is 0.566. The van der Waals surface area contributed by atoms with Gasteiger partial charge in [-0.3, -0.25) is 4.79 Å². The third-order valence-electron chi connectivity index (χ3n) is 5.68. The van der Waals surface area contributed by atoms with Gasteiger partial charge in [-0.15, -0.1) is 0 Å². The average molecular weight is 408 g/mol. The van der Waals surface area contributed by atoms with Crippen LogP contribution in [0.25, 0.3) is 0 Å². The number of piperidine rings is 1. The molecule has 2 aliphatic heterocycles. The molecule has 2 aromatic heterocycles. The van der Waals surface area contributed by atoms with Crippen LogP contribution in [0.3, 0.4) is 0 Å². The standard InChI is InChI=1S/C22H24N4O4/c1-14-12-18(17-5-3-11-29-17)30-22(28)19(14)21(27)25-16-6-9-26(10-7-16)20-15(13-23)4-2-8-24-20/h2,4,8,12,16-17H,3,5-7,9-11H2,1H3,(H,25,27). The van der Waals surface area contributed by atoms with Crippen molar-refractivity contribution in [3.05, 3.63) is 57.3 Å². The lowest BCUT2D eigenvalue weighted by atomic mass is 10.0. The molecule has 0 radical (unpaired) electrons. The summed E-state index contributed by atoms with van der Waals surface area (Å²) in [6, 6.07) is 7.34. The molecule has 0 spiro atoms. The van der Waals surface area contributed by atoms with Crippen molar-refractivity contribution in [3.8, 4) is 6.07 Å². The number of carbonyl (C=O) groups excluding carboxylic acids is 1. The van der Waals surface area contributed by atoms with Crippen molar-refractivity contribution >= 4 is 11.7 Å². The minimum Gasteiger partial charge on any atom is -0.424 e. The van der Waals surface area contributed by atoms with Crippen LogP contribution in [-0.2, 0) is 4.74 Å². The van der Waals surface area contributed by atoms with Crippen molar-refractivity contribution in [1.29, 1.82) is 5.26 Å². The molecule has 0 saturated carbocycles. The van der Waals surface area contributed by atoms with Gasteiger partial charge in [-0.2, -0.15) is 5.26 Å². The number of nitrogens with one attached hydrogen (secondary N) is 1. The van der Waals surface area contributed by atoms with E-state index >= 15 is 0 Å². The van der Waals surface area contributed by atoms with Crippen molar-refractivity contribution in [2.75, 3.05) is 24.6 Å². The van der Waals surface area contributed by atoms with Crippen molar-refractivity contribution < 1.29 is 13.9 Å². The Labute approximate surface area is 174 Å². The number of nitrogens with zero attached hydrogens (tertiary/aromatic N) is 3. The third kappa shape index (κ3) is 4.07. The molecule has 2 saturated heterocycles. The van der Waals surface area contributed by atoms with Crippen LogP contribution in [0.2, 0.25) is 0 Å².